The molecule has 3 aromatic rings. The Labute approximate surface area is 178 Å². The fourth-order valence-corrected chi connectivity index (χ4v) is 3.82. The predicted molar refractivity (Wildman–Crippen MR) is 122 cm³/mol. The summed E-state index contributed by atoms with van der Waals surface area (Å²) in [5.41, 5.74) is 6.07. The average molecular weight is 405 g/mol. The summed E-state index contributed by atoms with van der Waals surface area (Å²) in [5.74, 6) is 1.55. The second-order valence-electron chi connectivity index (χ2n) is 7.81. The smallest absolute Gasteiger partial charge is 0.251 e. The van der Waals surface area contributed by atoms with Gasteiger partial charge in [-0.25, -0.2) is 0 Å². The number of nitrogens with zero attached hydrogens (tertiary/aromatic N) is 1. The monoisotopic (exact) mass is 404 g/mol. The van der Waals surface area contributed by atoms with Gasteiger partial charge in [0.05, 0.1) is 0 Å². The molecule has 29 heavy (non-hydrogen) atoms. The first-order valence-corrected chi connectivity index (χ1v) is 10.9. The van der Waals surface area contributed by atoms with E-state index in [0.717, 1.165) is 33.0 Å². The zero-order valence-electron chi connectivity index (χ0n) is 17.5. The lowest BCUT2D eigenvalue weighted by Gasteiger charge is -2.12. The third kappa shape index (κ3) is 6.20. The Hall–Kier alpha value is -2.59. The molecule has 0 spiro atoms. The number of rotatable bonds is 7. The number of hydrogen-bond donors (Lipinski definition) is 1. The molecule has 0 radical (unpaired) electrons. The molecule has 3 rings (SSSR count). The van der Waals surface area contributed by atoms with E-state index in [9.17, 15) is 4.79 Å². The van der Waals surface area contributed by atoms with Crippen LogP contribution in [0.1, 0.15) is 41.0 Å². The molecule has 1 N–H and O–H groups in total. The maximum atomic E-state index is 12.9. The summed E-state index contributed by atoms with van der Waals surface area (Å²) in [6.45, 7) is 8.92. The number of benzene rings is 2. The van der Waals surface area contributed by atoms with Crippen molar-refractivity contribution in [1.29, 1.82) is 0 Å². The molecule has 0 bridgehead atoms. The Morgan fingerprint density at radius 3 is 2.41 bits per heavy atom. The van der Waals surface area contributed by atoms with Gasteiger partial charge >= 0.3 is 0 Å². The van der Waals surface area contributed by atoms with Crippen molar-refractivity contribution in [3.05, 3.63) is 83.2 Å². The minimum Gasteiger partial charge on any atom is -0.348 e. The zero-order chi connectivity index (χ0) is 20.8. The third-order valence-electron chi connectivity index (χ3n) is 4.56. The van der Waals surface area contributed by atoms with E-state index in [0.29, 0.717) is 18.0 Å². The summed E-state index contributed by atoms with van der Waals surface area (Å²) in [4.78, 5) is 18.3. The summed E-state index contributed by atoms with van der Waals surface area (Å²) >= 11 is 1.80. The number of carbonyl (C=O) groups is 1. The molecule has 0 aliphatic carbocycles. The first-order valence-electron chi connectivity index (χ1n) is 9.95. The summed E-state index contributed by atoms with van der Waals surface area (Å²) in [5, 5.41) is 3.03. The number of amides is 1. The number of thioether (sulfide) groups is 1. The lowest BCUT2D eigenvalue weighted by Crippen LogP contribution is -2.23. The van der Waals surface area contributed by atoms with Crippen molar-refractivity contribution >= 4 is 17.7 Å². The van der Waals surface area contributed by atoms with Crippen molar-refractivity contribution in [2.45, 2.75) is 39.1 Å². The van der Waals surface area contributed by atoms with Crippen LogP contribution in [0.5, 0.6) is 0 Å². The molecule has 1 amide bonds. The zero-order valence-corrected chi connectivity index (χ0v) is 18.3. The molecule has 0 aliphatic rings. The van der Waals surface area contributed by atoms with Gasteiger partial charge in [0.1, 0.15) is 0 Å². The van der Waals surface area contributed by atoms with Crippen molar-refractivity contribution < 1.29 is 4.79 Å². The number of pyridine rings is 1. The van der Waals surface area contributed by atoms with Crippen LogP contribution in [-0.4, -0.2) is 16.6 Å². The average Bonchev–Trinajstić information content (AvgIpc) is 2.72. The molecule has 0 fully saturated rings. The van der Waals surface area contributed by atoms with Crippen LogP contribution in [0, 0.1) is 19.8 Å². The first-order chi connectivity index (χ1) is 13.9. The molecule has 150 valence electrons. The molecule has 0 saturated heterocycles. The predicted octanol–water partition coefficient (Wildman–Crippen LogP) is 6.04. The molecule has 0 atom stereocenters. The lowest BCUT2D eigenvalue weighted by atomic mass is 10.0. The summed E-state index contributed by atoms with van der Waals surface area (Å²) in [6, 6.07) is 18.5. The summed E-state index contributed by atoms with van der Waals surface area (Å²) in [7, 11) is 0. The minimum absolute atomic E-state index is 0.0640. The van der Waals surface area contributed by atoms with Crippen LogP contribution in [0.25, 0.3) is 11.1 Å². The van der Waals surface area contributed by atoms with Gasteiger partial charge in [0, 0.05) is 34.6 Å². The molecule has 2 aromatic carbocycles. The van der Waals surface area contributed by atoms with Crippen LogP contribution in [0.2, 0.25) is 0 Å². The number of hydrogen-bond acceptors (Lipinski definition) is 3. The molecule has 3 nitrogen and oxygen atoms in total. The van der Waals surface area contributed by atoms with Crippen LogP contribution in [0.15, 0.2) is 65.7 Å². The van der Waals surface area contributed by atoms with E-state index in [1.165, 1.54) is 5.56 Å². The quantitative estimate of drug-likeness (QED) is 0.488. The molecule has 0 aliphatic heterocycles. The van der Waals surface area contributed by atoms with E-state index < -0.39 is 0 Å². The Bertz CT molecular complexity index is 963. The largest absolute Gasteiger partial charge is 0.348 e. The standard InChI is InChI=1S/C25H28N2OS/c1-17(2)16-29-24-12-22(21-9-5-18(3)6-10-21)11-23(13-24)25(28)27-15-20-8-7-19(4)26-14-20/h5-14,17H,15-16H2,1-4H3,(H,27,28). The van der Waals surface area contributed by atoms with Crippen molar-refractivity contribution in [2.75, 3.05) is 5.75 Å². The highest BCUT2D eigenvalue weighted by molar-refractivity contribution is 7.99. The highest BCUT2D eigenvalue weighted by atomic mass is 32.2. The molecular formula is C25H28N2OS. The van der Waals surface area contributed by atoms with Crippen molar-refractivity contribution in [3.63, 3.8) is 0 Å². The van der Waals surface area contributed by atoms with Crippen LogP contribution < -0.4 is 5.32 Å². The molecular weight excluding hydrogens is 376 g/mol. The Morgan fingerprint density at radius 1 is 1.00 bits per heavy atom. The number of carbonyl (C=O) groups excluding carboxylic acids is 1. The van der Waals surface area contributed by atoms with Crippen molar-refractivity contribution in [1.82, 2.24) is 10.3 Å². The second kappa shape index (κ2) is 9.75. The van der Waals surface area contributed by atoms with Gasteiger partial charge in [-0.15, -0.1) is 11.8 Å². The fourth-order valence-electron chi connectivity index (χ4n) is 2.88. The van der Waals surface area contributed by atoms with Gasteiger partial charge < -0.3 is 5.32 Å². The van der Waals surface area contributed by atoms with Gasteiger partial charge in [-0.3, -0.25) is 9.78 Å². The number of aromatic nitrogens is 1. The van der Waals surface area contributed by atoms with Crippen LogP contribution >= 0.6 is 11.8 Å². The van der Waals surface area contributed by atoms with E-state index in [1.54, 1.807) is 11.8 Å². The Balaban J connectivity index is 1.83. The van der Waals surface area contributed by atoms with Gasteiger partial charge in [0.15, 0.2) is 0 Å². The van der Waals surface area contributed by atoms with E-state index in [-0.39, 0.29) is 5.91 Å². The molecule has 1 heterocycles. The molecule has 0 saturated carbocycles. The molecule has 4 heteroatoms. The summed E-state index contributed by atoms with van der Waals surface area (Å²) in [6.07, 6.45) is 1.81. The van der Waals surface area contributed by atoms with Crippen LogP contribution in [-0.2, 0) is 6.54 Å². The van der Waals surface area contributed by atoms with Crippen molar-refractivity contribution in [3.8, 4) is 11.1 Å². The normalized spacial score (nSPS) is 10.9. The van der Waals surface area contributed by atoms with E-state index in [1.807, 2.05) is 37.4 Å². The van der Waals surface area contributed by atoms with Crippen molar-refractivity contribution in [2.24, 2.45) is 5.92 Å². The highest BCUT2D eigenvalue weighted by Crippen LogP contribution is 2.29. The van der Waals surface area contributed by atoms with Gasteiger partial charge in [0.25, 0.3) is 5.91 Å². The van der Waals surface area contributed by atoms with E-state index in [4.69, 9.17) is 0 Å². The van der Waals surface area contributed by atoms with Gasteiger partial charge in [-0.2, -0.15) is 0 Å². The van der Waals surface area contributed by atoms with E-state index in [2.05, 4.69) is 61.4 Å². The fraction of sp³-hybridized carbons (Fsp3) is 0.280. The highest BCUT2D eigenvalue weighted by Gasteiger charge is 2.11. The van der Waals surface area contributed by atoms with Crippen LogP contribution in [0.3, 0.4) is 0 Å². The first kappa shape index (κ1) is 21.1. The lowest BCUT2D eigenvalue weighted by molar-refractivity contribution is 0.0950. The third-order valence-corrected chi connectivity index (χ3v) is 5.97. The minimum atomic E-state index is -0.0640. The topological polar surface area (TPSA) is 42.0 Å². The maximum Gasteiger partial charge on any atom is 0.251 e. The molecule has 0 unspecified atom stereocenters. The number of nitrogens with one attached hydrogen (secondary N) is 1. The maximum absolute atomic E-state index is 12.9. The second-order valence-corrected chi connectivity index (χ2v) is 8.90. The SMILES string of the molecule is Cc1ccc(-c2cc(SCC(C)C)cc(C(=O)NCc3ccc(C)nc3)c2)cc1. The van der Waals surface area contributed by atoms with Gasteiger partial charge in [-0.05, 0) is 60.7 Å². The Kier molecular flexibility index (Phi) is 7.10. The van der Waals surface area contributed by atoms with E-state index >= 15 is 0 Å². The summed E-state index contributed by atoms with van der Waals surface area (Å²) < 4.78 is 0. The Morgan fingerprint density at radius 2 is 1.76 bits per heavy atom. The molecule has 1 aromatic heterocycles. The van der Waals surface area contributed by atoms with Crippen LogP contribution in [0.4, 0.5) is 0 Å². The van der Waals surface area contributed by atoms with Gasteiger partial charge in [-0.1, -0.05) is 49.7 Å². The number of aryl methyl sites for hydroxylation is 2. The van der Waals surface area contributed by atoms with Gasteiger partial charge in [0.2, 0.25) is 0 Å².